The molecule has 0 spiro atoms. The Morgan fingerprint density at radius 3 is 1.72 bits per heavy atom. The van der Waals surface area contributed by atoms with Gasteiger partial charge in [-0.25, -0.2) is 0 Å². The van der Waals surface area contributed by atoms with Crippen LogP contribution in [0, 0.1) is 5.92 Å². The monoisotopic (exact) mass is 462 g/mol. The molecule has 0 N–H and O–H groups in total. The van der Waals surface area contributed by atoms with Crippen molar-refractivity contribution in [3.63, 3.8) is 0 Å². The molecule has 1 aliphatic carbocycles. The van der Waals surface area contributed by atoms with E-state index in [-0.39, 0.29) is 46.4 Å². The van der Waals surface area contributed by atoms with Crippen LogP contribution in [0.3, 0.4) is 0 Å². The molecule has 0 heterocycles. The van der Waals surface area contributed by atoms with Gasteiger partial charge < -0.3 is 31.4 Å². The van der Waals surface area contributed by atoms with Crippen molar-refractivity contribution in [1.29, 1.82) is 0 Å². The Hall–Kier alpha value is 0.325. The number of halogens is 1. The van der Waals surface area contributed by atoms with Gasteiger partial charge in [-0.1, -0.05) is 6.08 Å². The van der Waals surface area contributed by atoms with E-state index >= 15 is 0 Å². The maximum Gasteiger partial charge on any atom is 1.00 e. The Labute approximate surface area is 135 Å². The van der Waals surface area contributed by atoms with Crippen LogP contribution in [0.15, 0.2) is 29.5 Å². The number of hydrogen-bond donors (Lipinski definition) is 0. The predicted molar refractivity (Wildman–Crippen MR) is 59.6 cm³/mol. The van der Waals surface area contributed by atoms with Gasteiger partial charge in [0.15, 0.2) is 12.6 Å². The minimum Gasteiger partial charge on any atom is -1.00 e. The van der Waals surface area contributed by atoms with Gasteiger partial charge in [0.1, 0.15) is 0 Å². The molecular weight excluding hydrogens is 444 g/mol. The topological polar surface area (TPSA) is 36.9 Å². The molecule has 4 nitrogen and oxygen atoms in total. The van der Waals surface area contributed by atoms with E-state index < -0.39 is 6.29 Å². The van der Waals surface area contributed by atoms with Gasteiger partial charge in [0.2, 0.25) is 0 Å². The fraction of sp³-hybridized carbons (Fsp3) is 0.500. The fourth-order valence-corrected chi connectivity index (χ4v) is 1.46. The summed E-state index contributed by atoms with van der Waals surface area (Å²) in [4.78, 5) is 0. The van der Waals surface area contributed by atoms with Crippen molar-refractivity contribution in [1.82, 2.24) is 0 Å². The Bertz CT molecular complexity index is 305. The number of ether oxygens (including phenoxy) is 4. The fourth-order valence-electron chi connectivity index (χ4n) is 1.46. The third kappa shape index (κ3) is 5.53. The van der Waals surface area contributed by atoms with Gasteiger partial charge in [-0.2, -0.15) is 0 Å². The van der Waals surface area contributed by atoms with Gasteiger partial charge in [-0.3, -0.25) is 0 Å². The van der Waals surface area contributed by atoms with Crippen molar-refractivity contribution < 1.29 is 59.0 Å². The molecule has 0 amide bonds. The number of rotatable bonds is 6. The van der Waals surface area contributed by atoms with Crippen molar-refractivity contribution >= 4 is 0 Å². The van der Waals surface area contributed by atoms with Gasteiger partial charge in [-0.15, -0.1) is 5.73 Å². The first-order chi connectivity index (χ1) is 7.76. The predicted octanol–water partition coefficient (Wildman–Crippen LogP) is -1.55. The molecule has 98 valence electrons. The van der Waals surface area contributed by atoms with E-state index in [0.29, 0.717) is 0 Å². The molecule has 0 atom stereocenters. The molecule has 6 heteroatoms. The quantitative estimate of drug-likeness (QED) is 0.273. The van der Waals surface area contributed by atoms with Crippen molar-refractivity contribution in [2.75, 3.05) is 28.4 Å². The smallest absolute Gasteiger partial charge is 1.00 e. The third-order valence-electron chi connectivity index (χ3n) is 2.24. The second-order valence-corrected chi connectivity index (χ2v) is 3.18. The van der Waals surface area contributed by atoms with Crippen LogP contribution >= 0.6 is 0 Å². The summed E-state index contributed by atoms with van der Waals surface area (Å²) in [5.41, 5.74) is 3.91. The zero-order valence-corrected chi connectivity index (χ0v) is 17.4. The molecular formula is C12H17ClHgO4. The van der Waals surface area contributed by atoms with E-state index in [4.69, 9.17) is 18.9 Å². The molecule has 0 aromatic heterocycles. The first-order valence-corrected chi connectivity index (χ1v) is 4.89. The van der Waals surface area contributed by atoms with Crippen molar-refractivity contribution in [3.8, 4) is 0 Å². The summed E-state index contributed by atoms with van der Waals surface area (Å²) in [5.74, 6) is 0.903. The van der Waals surface area contributed by atoms with Crippen LogP contribution in [0.5, 0.6) is 0 Å². The SMILES string of the molecule is COC(OC)[C]1C=C=C(C(OC)OC)C=C1.[Cl-].[Hg+]. The van der Waals surface area contributed by atoms with Crippen molar-refractivity contribution in [2.24, 2.45) is 0 Å². The van der Waals surface area contributed by atoms with Crippen LogP contribution in [-0.2, 0) is 46.6 Å². The number of methoxy groups -OCH3 is 4. The molecule has 0 aromatic rings. The first-order valence-electron chi connectivity index (χ1n) is 4.89. The Morgan fingerprint density at radius 1 is 0.889 bits per heavy atom. The van der Waals surface area contributed by atoms with E-state index in [9.17, 15) is 0 Å². The van der Waals surface area contributed by atoms with E-state index in [0.717, 1.165) is 11.5 Å². The summed E-state index contributed by atoms with van der Waals surface area (Å²) >= 11 is 0. The Morgan fingerprint density at radius 2 is 1.39 bits per heavy atom. The average Bonchev–Trinajstić information content (AvgIpc) is 2.34. The van der Waals surface area contributed by atoms with E-state index in [1.165, 1.54) is 0 Å². The normalized spacial score (nSPS) is 14.4. The van der Waals surface area contributed by atoms with E-state index in [2.05, 4.69) is 5.73 Å². The third-order valence-corrected chi connectivity index (χ3v) is 2.24. The summed E-state index contributed by atoms with van der Waals surface area (Å²) in [6, 6.07) is 0. The molecule has 0 saturated heterocycles. The first kappa shape index (κ1) is 20.6. The molecule has 0 unspecified atom stereocenters. The molecule has 0 aliphatic heterocycles. The van der Waals surface area contributed by atoms with Gasteiger partial charge in [-0.05, 0) is 12.2 Å². The summed E-state index contributed by atoms with van der Waals surface area (Å²) < 4.78 is 20.5. The molecule has 0 fully saturated rings. The minimum atomic E-state index is -0.391. The van der Waals surface area contributed by atoms with Crippen LogP contribution in [0.2, 0.25) is 0 Å². The van der Waals surface area contributed by atoms with Gasteiger partial charge in [0.05, 0.1) is 5.92 Å². The molecule has 1 aliphatic rings. The van der Waals surface area contributed by atoms with Gasteiger partial charge in [0, 0.05) is 34.0 Å². The zero-order valence-electron chi connectivity index (χ0n) is 11.1. The molecule has 0 aromatic carbocycles. The second kappa shape index (κ2) is 11.2. The van der Waals surface area contributed by atoms with Crippen molar-refractivity contribution in [2.45, 2.75) is 12.6 Å². The average molecular weight is 461 g/mol. The van der Waals surface area contributed by atoms with Crippen LogP contribution in [0.25, 0.3) is 0 Å². The summed E-state index contributed by atoms with van der Waals surface area (Å²) in [5, 5.41) is 0. The van der Waals surface area contributed by atoms with Crippen LogP contribution in [-0.4, -0.2) is 41.0 Å². The molecule has 1 rings (SSSR count). The van der Waals surface area contributed by atoms with Crippen LogP contribution in [0.4, 0.5) is 0 Å². The van der Waals surface area contributed by atoms with E-state index in [1.807, 2.05) is 12.2 Å². The Kier molecular flexibility index (Phi) is 12.8. The van der Waals surface area contributed by atoms with E-state index in [1.54, 1.807) is 34.5 Å². The molecule has 0 saturated carbocycles. The zero-order chi connectivity index (χ0) is 12.0. The Balaban J connectivity index is 0. The van der Waals surface area contributed by atoms with Gasteiger partial charge >= 0.3 is 27.7 Å². The summed E-state index contributed by atoms with van der Waals surface area (Å²) in [6.07, 6.45) is 4.82. The minimum absolute atomic E-state index is 0. The molecule has 18 heavy (non-hydrogen) atoms. The summed E-state index contributed by atoms with van der Waals surface area (Å²) in [6.45, 7) is 0. The van der Waals surface area contributed by atoms with Gasteiger partial charge in [0.25, 0.3) is 0 Å². The maximum absolute atomic E-state index is 5.13. The maximum atomic E-state index is 5.13. The molecule has 2 radical (unpaired) electrons. The van der Waals surface area contributed by atoms with Crippen molar-refractivity contribution in [3.05, 3.63) is 35.5 Å². The molecule has 0 bridgehead atoms. The summed E-state index contributed by atoms with van der Waals surface area (Å²) in [7, 11) is 6.36. The van der Waals surface area contributed by atoms with Crippen LogP contribution < -0.4 is 12.4 Å². The standard InChI is InChI=1S/C12H17O4.ClH.Hg/c1-13-11(14-2)9-5-7-10(8-6-9)12(15-3)16-4;;/h5-7,11-12H,1-4H3;1H;/q;;+1/p-1. The second-order valence-electron chi connectivity index (χ2n) is 3.18. The van der Waals surface area contributed by atoms with Crippen LogP contribution in [0.1, 0.15) is 0 Å². The number of hydrogen-bond acceptors (Lipinski definition) is 4. The largest absolute Gasteiger partial charge is 1.00 e.